The van der Waals surface area contributed by atoms with Gasteiger partial charge in [0.2, 0.25) is 5.82 Å². The van der Waals surface area contributed by atoms with Crippen LogP contribution in [0.4, 0.5) is 0 Å². The maximum Gasteiger partial charge on any atom is 0.204 e. The van der Waals surface area contributed by atoms with E-state index in [-0.39, 0.29) is 0 Å². The van der Waals surface area contributed by atoms with Crippen LogP contribution in [0.15, 0.2) is 48.5 Å². The highest BCUT2D eigenvalue weighted by atomic mass is 15.5. The quantitative estimate of drug-likeness (QED) is 0.427. The first-order chi connectivity index (χ1) is 15.1. The number of nitrogens with zero attached hydrogens (tertiary/aromatic N) is 6. The molecule has 0 spiro atoms. The predicted octanol–water partition coefficient (Wildman–Crippen LogP) is 5.20. The molecule has 0 aliphatic carbocycles. The lowest BCUT2D eigenvalue weighted by Gasteiger charge is -2.11. The van der Waals surface area contributed by atoms with Crippen molar-refractivity contribution < 1.29 is 0 Å². The lowest BCUT2D eigenvalue weighted by Crippen LogP contribution is -2.09. The molecule has 0 saturated heterocycles. The fourth-order valence-electron chi connectivity index (χ4n) is 3.52. The van der Waals surface area contributed by atoms with Crippen LogP contribution in [0, 0.1) is 0 Å². The molecule has 7 nitrogen and oxygen atoms in total. The van der Waals surface area contributed by atoms with Gasteiger partial charge < -0.3 is 0 Å². The minimum atomic E-state index is 0.373. The zero-order chi connectivity index (χ0) is 21.8. The van der Waals surface area contributed by atoms with E-state index in [1.165, 1.54) is 5.56 Å². The molecule has 0 aliphatic heterocycles. The standard InChI is InChI=1S/C24H29N7/c1-5-16(3)22-25-24(17(4)6-2)31(28-22)15-18-10-12-19(13-11-18)20-8-7-9-21(14-20)23-26-29-30-27-23/h7-14,16-17H,5-6,15H2,1-4H3,(H,26,27,29,30). The second kappa shape index (κ2) is 9.20. The third kappa shape index (κ3) is 4.55. The molecule has 4 rings (SSSR count). The van der Waals surface area contributed by atoms with Gasteiger partial charge in [-0.3, -0.25) is 0 Å². The highest BCUT2D eigenvalue weighted by Crippen LogP contribution is 2.26. The summed E-state index contributed by atoms with van der Waals surface area (Å²) in [4.78, 5) is 4.88. The summed E-state index contributed by atoms with van der Waals surface area (Å²) in [6, 6.07) is 16.8. The molecule has 4 aromatic rings. The van der Waals surface area contributed by atoms with Gasteiger partial charge in [-0.15, -0.1) is 10.2 Å². The van der Waals surface area contributed by atoms with Crippen molar-refractivity contribution in [2.75, 3.05) is 0 Å². The van der Waals surface area contributed by atoms with Crippen LogP contribution >= 0.6 is 0 Å². The number of hydrogen-bond acceptors (Lipinski definition) is 5. The summed E-state index contributed by atoms with van der Waals surface area (Å²) in [6.07, 6.45) is 2.09. The lowest BCUT2D eigenvalue weighted by molar-refractivity contribution is 0.571. The Balaban J connectivity index is 1.57. The third-order valence-corrected chi connectivity index (χ3v) is 5.91. The van der Waals surface area contributed by atoms with Gasteiger partial charge in [0.25, 0.3) is 0 Å². The number of rotatable bonds is 8. The molecule has 0 fully saturated rings. The van der Waals surface area contributed by atoms with Crippen molar-refractivity contribution in [3.63, 3.8) is 0 Å². The number of hydrogen-bond donors (Lipinski definition) is 1. The predicted molar refractivity (Wildman–Crippen MR) is 122 cm³/mol. The first-order valence-corrected chi connectivity index (χ1v) is 11.0. The van der Waals surface area contributed by atoms with Gasteiger partial charge in [0.05, 0.1) is 6.54 Å². The van der Waals surface area contributed by atoms with Gasteiger partial charge in [-0.25, -0.2) is 9.67 Å². The van der Waals surface area contributed by atoms with E-state index in [4.69, 9.17) is 10.1 Å². The van der Waals surface area contributed by atoms with Crippen LogP contribution in [0.3, 0.4) is 0 Å². The van der Waals surface area contributed by atoms with E-state index in [1.807, 2.05) is 12.1 Å². The fourth-order valence-corrected chi connectivity index (χ4v) is 3.52. The van der Waals surface area contributed by atoms with Gasteiger partial charge in [-0.2, -0.15) is 10.3 Å². The number of aromatic nitrogens is 7. The smallest absolute Gasteiger partial charge is 0.204 e. The van der Waals surface area contributed by atoms with Crippen molar-refractivity contribution in [3.05, 3.63) is 65.7 Å². The Kier molecular flexibility index (Phi) is 6.21. The zero-order valence-corrected chi connectivity index (χ0v) is 18.6. The van der Waals surface area contributed by atoms with Gasteiger partial charge in [0.1, 0.15) is 5.82 Å². The van der Waals surface area contributed by atoms with Gasteiger partial charge in [-0.1, -0.05) is 70.2 Å². The Hall–Kier alpha value is -3.35. The van der Waals surface area contributed by atoms with E-state index in [0.29, 0.717) is 17.7 Å². The molecular weight excluding hydrogens is 386 g/mol. The molecule has 2 heterocycles. The Morgan fingerprint density at radius 2 is 1.65 bits per heavy atom. The largest absolute Gasteiger partial charge is 0.245 e. The summed E-state index contributed by atoms with van der Waals surface area (Å²) in [6.45, 7) is 9.52. The van der Waals surface area contributed by atoms with E-state index < -0.39 is 0 Å². The molecular formula is C24H29N7. The van der Waals surface area contributed by atoms with E-state index in [9.17, 15) is 0 Å². The van der Waals surface area contributed by atoms with Crippen molar-refractivity contribution >= 4 is 0 Å². The van der Waals surface area contributed by atoms with Gasteiger partial charge in [-0.05, 0) is 40.8 Å². The Morgan fingerprint density at radius 1 is 0.903 bits per heavy atom. The lowest BCUT2D eigenvalue weighted by atomic mass is 10.0. The number of H-pyrrole nitrogens is 1. The van der Waals surface area contributed by atoms with Gasteiger partial charge >= 0.3 is 0 Å². The molecule has 1 N–H and O–H groups in total. The number of aromatic amines is 1. The molecule has 2 aromatic heterocycles. The van der Waals surface area contributed by atoms with Crippen molar-refractivity contribution in [2.24, 2.45) is 0 Å². The highest BCUT2D eigenvalue weighted by molar-refractivity contribution is 5.70. The Bertz CT molecular complexity index is 1110. The maximum absolute atomic E-state index is 4.88. The highest BCUT2D eigenvalue weighted by Gasteiger charge is 2.18. The Labute approximate surface area is 182 Å². The van der Waals surface area contributed by atoms with Crippen LogP contribution in [0.5, 0.6) is 0 Å². The second-order valence-corrected chi connectivity index (χ2v) is 8.12. The maximum atomic E-state index is 4.88. The van der Waals surface area contributed by atoms with Gasteiger partial charge in [0, 0.05) is 17.4 Å². The summed E-state index contributed by atoms with van der Waals surface area (Å²) >= 11 is 0. The average molecular weight is 416 g/mol. The number of benzene rings is 2. The molecule has 7 heteroatoms. The van der Waals surface area contributed by atoms with Crippen LogP contribution in [-0.4, -0.2) is 35.4 Å². The van der Waals surface area contributed by atoms with Crippen molar-refractivity contribution in [1.29, 1.82) is 0 Å². The van der Waals surface area contributed by atoms with Crippen LogP contribution < -0.4 is 0 Å². The minimum absolute atomic E-state index is 0.373. The fraction of sp³-hybridized carbons (Fsp3) is 0.375. The first kappa shape index (κ1) is 20.9. The van der Waals surface area contributed by atoms with Crippen LogP contribution in [-0.2, 0) is 6.54 Å². The minimum Gasteiger partial charge on any atom is -0.245 e. The van der Waals surface area contributed by atoms with E-state index in [0.717, 1.165) is 47.7 Å². The molecule has 2 aromatic carbocycles. The summed E-state index contributed by atoms with van der Waals surface area (Å²) in [5.74, 6) is 3.39. The monoisotopic (exact) mass is 415 g/mol. The van der Waals surface area contributed by atoms with E-state index in [2.05, 4.69) is 89.4 Å². The van der Waals surface area contributed by atoms with Crippen LogP contribution in [0.25, 0.3) is 22.5 Å². The molecule has 0 amide bonds. The number of nitrogens with one attached hydrogen (secondary N) is 1. The van der Waals surface area contributed by atoms with E-state index in [1.54, 1.807) is 0 Å². The molecule has 0 aliphatic rings. The normalized spacial score (nSPS) is 13.3. The topological polar surface area (TPSA) is 85.2 Å². The molecule has 0 bridgehead atoms. The molecule has 2 unspecified atom stereocenters. The second-order valence-electron chi connectivity index (χ2n) is 8.12. The van der Waals surface area contributed by atoms with E-state index >= 15 is 0 Å². The third-order valence-electron chi connectivity index (χ3n) is 5.91. The first-order valence-electron chi connectivity index (χ1n) is 11.0. The van der Waals surface area contributed by atoms with Crippen LogP contribution in [0.1, 0.15) is 69.6 Å². The molecule has 31 heavy (non-hydrogen) atoms. The zero-order valence-electron chi connectivity index (χ0n) is 18.6. The summed E-state index contributed by atoms with van der Waals surface area (Å²) in [7, 11) is 0. The molecule has 160 valence electrons. The SMILES string of the molecule is CCC(C)c1nc(C(C)CC)n(Cc2ccc(-c3cccc(-c4nn[nH]n4)c3)cc2)n1. The molecule has 0 radical (unpaired) electrons. The van der Waals surface area contributed by atoms with Crippen LogP contribution in [0.2, 0.25) is 0 Å². The number of tetrazole rings is 1. The van der Waals surface area contributed by atoms with Crippen molar-refractivity contribution in [2.45, 2.75) is 58.9 Å². The molecule has 0 saturated carbocycles. The van der Waals surface area contributed by atoms with Crippen molar-refractivity contribution in [1.82, 2.24) is 35.4 Å². The summed E-state index contributed by atoms with van der Waals surface area (Å²) in [5.41, 5.74) is 4.42. The average Bonchev–Trinajstić information content (AvgIpc) is 3.49. The Morgan fingerprint density at radius 3 is 2.32 bits per heavy atom. The van der Waals surface area contributed by atoms with Crippen molar-refractivity contribution in [3.8, 4) is 22.5 Å². The summed E-state index contributed by atoms with van der Waals surface area (Å²) < 4.78 is 2.08. The molecule has 2 atom stereocenters. The summed E-state index contributed by atoms with van der Waals surface area (Å²) in [5, 5.41) is 19.1. The van der Waals surface area contributed by atoms with Gasteiger partial charge in [0.15, 0.2) is 5.82 Å².